The van der Waals surface area contributed by atoms with Crippen LogP contribution in [0.2, 0.25) is 0 Å². The summed E-state index contributed by atoms with van der Waals surface area (Å²) in [6, 6.07) is 15.2. The van der Waals surface area contributed by atoms with Gasteiger partial charge in [0, 0.05) is 20.2 Å². The first kappa shape index (κ1) is 11.9. The quantitative estimate of drug-likeness (QED) is 0.684. The molecule has 0 amide bonds. The number of nitrogens with two attached hydrogens (primary N) is 1. The Kier molecular flexibility index (Phi) is 2.56. The summed E-state index contributed by atoms with van der Waals surface area (Å²) < 4.78 is 2.67. The van der Waals surface area contributed by atoms with Crippen molar-refractivity contribution in [3.8, 4) is 0 Å². The number of fused-ring (bicyclic) bond motifs is 3. The van der Waals surface area contributed by atoms with Crippen molar-refractivity contribution in [2.24, 2.45) is 5.73 Å². The minimum absolute atomic E-state index is 0.369. The summed E-state index contributed by atoms with van der Waals surface area (Å²) in [7, 11) is 0. The monoisotopic (exact) mass is 277 g/mol. The lowest BCUT2D eigenvalue weighted by Gasteiger charge is -2.27. The predicted molar refractivity (Wildman–Crippen MR) is 88.1 cm³/mol. The van der Waals surface area contributed by atoms with Gasteiger partial charge in [-0.3, -0.25) is 0 Å². The molecule has 98 valence electrons. The first-order chi connectivity index (χ1) is 9.76. The number of rotatable bonds is 1. The van der Waals surface area contributed by atoms with Gasteiger partial charge in [-0.1, -0.05) is 48.6 Å². The van der Waals surface area contributed by atoms with Crippen LogP contribution in [0.15, 0.2) is 66.8 Å². The molecule has 3 aromatic rings. The van der Waals surface area contributed by atoms with Gasteiger partial charge in [-0.25, -0.2) is 0 Å². The Hall–Kier alpha value is -1.90. The van der Waals surface area contributed by atoms with E-state index < -0.39 is 0 Å². The molecule has 0 fully saturated rings. The largest absolute Gasteiger partial charge is 0.318 e. The topological polar surface area (TPSA) is 26.0 Å². The third-order valence-corrected chi connectivity index (χ3v) is 5.16. The molecule has 0 bridgehead atoms. The lowest BCUT2D eigenvalue weighted by molar-refractivity contribution is 0.566. The molecule has 1 atom stereocenters. The fourth-order valence-corrected chi connectivity index (χ4v) is 3.95. The van der Waals surface area contributed by atoms with Crippen LogP contribution in [0, 0.1) is 0 Å². The second kappa shape index (κ2) is 4.30. The van der Waals surface area contributed by atoms with Gasteiger partial charge in [-0.05, 0) is 30.2 Å². The third-order valence-electron chi connectivity index (χ3n) is 4.01. The van der Waals surface area contributed by atoms with Gasteiger partial charge in [0.05, 0.1) is 5.54 Å². The van der Waals surface area contributed by atoms with Gasteiger partial charge < -0.3 is 5.73 Å². The van der Waals surface area contributed by atoms with Crippen LogP contribution in [0.3, 0.4) is 0 Å². The van der Waals surface area contributed by atoms with Gasteiger partial charge in [-0.15, -0.1) is 11.3 Å². The van der Waals surface area contributed by atoms with Gasteiger partial charge in [-0.2, -0.15) is 0 Å². The summed E-state index contributed by atoms with van der Waals surface area (Å²) in [6.07, 6.45) is 9.19. The lowest BCUT2D eigenvalue weighted by atomic mass is 9.84. The molecule has 0 spiro atoms. The average molecular weight is 277 g/mol. The van der Waals surface area contributed by atoms with Crippen molar-refractivity contribution in [2.45, 2.75) is 12.0 Å². The Bertz CT molecular complexity index is 856. The summed E-state index contributed by atoms with van der Waals surface area (Å²) in [4.78, 5) is 0. The molecule has 2 heteroatoms. The van der Waals surface area contributed by atoms with E-state index in [4.69, 9.17) is 5.73 Å². The second-order valence-corrected chi connectivity index (χ2v) is 6.42. The molecule has 1 unspecified atom stereocenters. The van der Waals surface area contributed by atoms with E-state index >= 15 is 0 Å². The van der Waals surface area contributed by atoms with Crippen molar-refractivity contribution >= 4 is 31.5 Å². The van der Waals surface area contributed by atoms with Crippen LogP contribution >= 0.6 is 11.3 Å². The van der Waals surface area contributed by atoms with Gasteiger partial charge in [0.1, 0.15) is 0 Å². The molecular weight excluding hydrogens is 262 g/mol. The zero-order valence-electron chi connectivity index (χ0n) is 11.0. The molecule has 1 heterocycles. The zero-order chi connectivity index (χ0) is 13.6. The van der Waals surface area contributed by atoms with Crippen LogP contribution in [-0.4, -0.2) is 0 Å². The van der Waals surface area contributed by atoms with E-state index in [0.29, 0.717) is 0 Å². The van der Waals surface area contributed by atoms with Crippen molar-refractivity contribution in [1.82, 2.24) is 0 Å². The molecule has 1 aliphatic carbocycles. The van der Waals surface area contributed by atoms with Crippen molar-refractivity contribution in [1.29, 1.82) is 0 Å². The molecule has 0 radical (unpaired) electrons. The second-order valence-electron chi connectivity index (χ2n) is 5.34. The van der Waals surface area contributed by atoms with Crippen LogP contribution in [-0.2, 0) is 5.54 Å². The Morgan fingerprint density at radius 2 is 1.80 bits per heavy atom. The first-order valence-electron chi connectivity index (χ1n) is 6.81. The Morgan fingerprint density at radius 1 is 0.950 bits per heavy atom. The summed E-state index contributed by atoms with van der Waals surface area (Å²) in [5, 5.41) is 2.64. The average Bonchev–Trinajstić information content (AvgIpc) is 2.86. The molecule has 0 saturated heterocycles. The first-order valence-corrected chi connectivity index (χ1v) is 7.63. The van der Waals surface area contributed by atoms with Gasteiger partial charge in [0.15, 0.2) is 0 Å². The molecule has 0 aliphatic heterocycles. The third kappa shape index (κ3) is 1.73. The number of allylic oxidation sites excluding steroid dienone is 2. The Labute approximate surface area is 122 Å². The van der Waals surface area contributed by atoms with Gasteiger partial charge in [0.2, 0.25) is 0 Å². The fourth-order valence-electron chi connectivity index (χ4n) is 2.87. The molecular formula is C18H15NS. The molecule has 2 N–H and O–H groups in total. The van der Waals surface area contributed by atoms with E-state index in [-0.39, 0.29) is 5.54 Å². The maximum absolute atomic E-state index is 6.55. The van der Waals surface area contributed by atoms with E-state index in [0.717, 1.165) is 6.42 Å². The number of hydrogen-bond acceptors (Lipinski definition) is 2. The Balaban J connectivity index is 1.96. The van der Waals surface area contributed by atoms with E-state index in [1.807, 2.05) is 17.4 Å². The normalized spacial score (nSPS) is 21.9. The lowest BCUT2D eigenvalue weighted by Crippen LogP contribution is -2.34. The van der Waals surface area contributed by atoms with Crippen molar-refractivity contribution in [3.63, 3.8) is 0 Å². The summed E-state index contributed by atoms with van der Waals surface area (Å²) in [5.74, 6) is 0. The fraction of sp³-hybridized carbons (Fsp3) is 0.111. The smallest absolute Gasteiger partial charge is 0.0633 e. The molecule has 4 rings (SSSR count). The van der Waals surface area contributed by atoms with Crippen molar-refractivity contribution in [3.05, 3.63) is 72.3 Å². The van der Waals surface area contributed by atoms with Crippen LogP contribution in [0.25, 0.3) is 20.2 Å². The summed E-state index contributed by atoms with van der Waals surface area (Å²) >= 11 is 1.84. The van der Waals surface area contributed by atoms with Crippen molar-refractivity contribution < 1.29 is 0 Å². The minimum atomic E-state index is -0.369. The van der Waals surface area contributed by atoms with Crippen LogP contribution < -0.4 is 5.73 Å². The van der Waals surface area contributed by atoms with Crippen molar-refractivity contribution in [2.75, 3.05) is 0 Å². The molecule has 1 aromatic heterocycles. The van der Waals surface area contributed by atoms with Gasteiger partial charge >= 0.3 is 0 Å². The number of benzene rings is 2. The molecule has 1 aliphatic rings. The SMILES string of the molecule is NC1(c2ccc3sc4ccccc4c3c2)C=CC=CC1. The Morgan fingerprint density at radius 3 is 2.65 bits per heavy atom. The van der Waals surface area contributed by atoms with Crippen LogP contribution in [0.1, 0.15) is 12.0 Å². The van der Waals surface area contributed by atoms with E-state index in [1.54, 1.807) is 0 Å². The maximum Gasteiger partial charge on any atom is 0.0633 e. The van der Waals surface area contributed by atoms with E-state index in [2.05, 4.69) is 60.7 Å². The zero-order valence-corrected chi connectivity index (χ0v) is 11.9. The standard InChI is InChI=1S/C18H15NS/c19-18(10-4-1-5-11-18)13-8-9-17-15(12-13)14-6-2-3-7-16(14)20-17/h1-10,12H,11,19H2. The molecule has 2 aromatic carbocycles. The number of thiophene rings is 1. The summed E-state index contributed by atoms with van der Waals surface area (Å²) in [5.41, 5.74) is 7.37. The highest BCUT2D eigenvalue weighted by Gasteiger charge is 2.24. The minimum Gasteiger partial charge on any atom is -0.318 e. The molecule has 0 saturated carbocycles. The number of hydrogen-bond donors (Lipinski definition) is 1. The van der Waals surface area contributed by atoms with E-state index in [1.165, 1.54) is 25.7 Å². The highest BCUT2D eigenvalue weighted by molar-refractivity contribution is 7.25. The molecule has 20 heavy (non-hydrogen) atoms. The predicted octanol–water partition coefficient (Wildman–Crippen LogP) is 4.72. The van der Waals surface area contributed by atoms with Crippen LogP contribution in [0.5, 0.6) is 0 Å². The maximum atomic E-state index is 6.55. The summed E-state index contributed by atoms with van der Waals surface area (Å²) in [6.45, 7) is 0. The molecule has 1 nitrogen and oxygen atoms in total. The van der Waals surface area contributed by atoms with Crippen LogP contribution in [0.4, 0.5) is 0 Å². The highest BCUT2D eigenvalue weighted by Crippen LogP contribution is 2.37. The van der Waals surface area contributed by atoms with E-state index in [9.17, 15) is 0 Å². The van der Waals surface area contributed by atoms with Gasteiger partial charge in [0.25, 0.3) is 0 Å². The highest BCUT2D eigenvalue weighted by atomic mass is 32.1.